The molecule has 0 saturated carbocycles. The summed E-state index contributed by atoms with van der Waals surface area (Å²) in [5.74, 6) is -0.950. The van der Waals surface area contributed by atoms with Crippen molar-refractivity contribution in [2.75, 3.05) is 6.61 Å². The first-order valence-electron chi connectivity index (χ1n) is 4.27. The molecule has 0 amide bonds. The summed E-state index contributed by atoms with van der Waals surface area (Å²) in [6, 6.07) is 4.16. The van der Waals surface area contributed by atoms with Crippen molar-refractivity contribution in [2.24, 2.45) is 0 Å². The highest BCUT2D eigenvalue weighted by molar-refractivity contribution is 9.10. The van der Waals surface area contributed by atoms with Gasteiger partial charge >= 0.3 is 5.97 Å². The van der Waals surface area contributed by atoms with Gasteiger partial charge in [-0.3, -0.25) is 0 Å². The van der Waals surface area contributed by atoms with Gasteiger partial charge < -0.3 is 4.74 Å². The van der Waals surface area contributed by atoms with E-state index in [1.807, 2.05) is 6.92 Å². The van der Waals surface area contributed by atoms with Gasteiger partial charge in [0.05, 0.1) is 16.6 Å². The van der Waals surface area contributed by atoms with Gasteiger partial charge in [0, 0.05) is 0 Å². The van der Waals surface area contributed by atoms with E-state index in [0.717, 1.165) is 12.5 Å². The Bertz CT molecular complexity index is 339. The summed E-state index contributed by atoms with van der Waals surface area (Å²) in [6.07, 6.45) is 0.755. The van der Waals surface area contributed by atoms with E-state index in [2.05, 4.69) is 15.9 Å². The molecule has 0 fully saturated rings. The molecule has 4 heteroatoms. The number of hydrogen-bond donors (Lipinski definition) is 0. The first-order chi connectivity index (χ1) is 6.65. The number of hydrogen-bond acceptors (Lipinski definition) is 2. The van der Waals surface area contributed by atoms with Crippen molar-refractivity contribution in [2.45, 2.75) is 13.3 Å². The number of rotatable bonds is 3. The Morgan fingerprint density at radius 2 is 2.29 bits per heavy atom. The number of carbonyl (C=O) groups excluding carboxylic acids is 1. The van der Waals surface area contributed by atoms with Crippen LogP contribution in [0, 0.1) is 5.82 Å². The molecule has 0 saturated heterocycles. The van der Waals surface area contributed by atoms with E-state index in [4.69, 9.17) is 4.74 Å². The van der Waals surface area contributed by atoms with Crippen molar-refractivity contribution in [3.8, 4) is 0 Å². The molecule has 0 aromatic heterocycles. The van der Waals surface area contributed by atoms with Crippen LogP contribution in [-0.4, -0.2) is 12.6 Å². The van der Waals surface area contributed by atoms with Crippen LogP contribution in [0.25, 0.3) is 0 Å². The average molecular weight is 261 g/mol. The molecule has 76 valence electrons. The highest BCUT2D eigenvalue weighted by atomic mass is 79.9. The fourth-order valence-corrected chi connectivity index (χ4v) is 1.15. The molecule has 1 aromatic rings. The predicted molar refractivity (Wildman–Crippen MR) is 54.7 cm³/mol. The molecule has 0 aliphatic rings. The number of ether oxygens (including phenoxy) is 1. The van der Waals surface area contributed by atoms with Crippen molar-refractivity contribution in [1.82, 2.24) is 0 Å². The number of benzene rings is 1. The van der Waals surface area contributed by atoms with Gasteiger partial charge in [-0.2, -0.15) is 0 Å². The van der Waals surface area contributed by atoms with Gasteiger partial charge in [-0.1, -0.05) is 6.92 Å². The highest BCUT2D eigenvalue weighted by Crippen LogP contribution is 2.16. The molecule has 0 radical (unpaired) electrons. The Morgan fingerprint density at radius 3 is 2.86 bits per heavy atom. The van der Waals surface area contributed by atoms with Crippen molar-refractivity contribution in [3.05, 3.63) is 34.1 Å². The van der Waals surface area contributed by atoms with Gasteiger partial charge in [0.2, 0.25) is 0 Å². The quantitative estimate of drug-likeness (QED) is 0.781. The normalized spacial score (nSPS) is 9.93. The zero-order chi connectivity index (χ0) is 10.6. The molecule has 1 aromatic carbocycles. The fraction of sp³-hybridized carbons (Fsp3) is 0.300. The van der Waals surface area contributed by atoms with Crippen LogP contribution in [-0.2, 0) is 4.74 Å². The van der Waals surface area contributed by atoms with Crippen LogP contribution >= 0.6 is 15.9 Å². The lowest BCUT2D eigenvalue weighted by Crippen LogP contribution is -2.06. The van der Waals surface area contributed by atoms with Gasteiger partial charge in [-0.05, 0) is 40.5 Å². The molecule has 1 rings (SSSR count). The van der Waals surface area contributed by atoms with Gasteiger partial charge in [0.15, 0.2) is 0 Å². The van der Waals surface area contributed by atoms with E-state index in [-0.39, 0.29) is 5.56 Å². The molecule has 0 N–H and O–H groups in total. The lowest BCUT2D eigenvalue weighted by molar-refractivity contribution is 0.0504. The minimum Gasteiger partial charge on any atom is -0.462 e. The minimum absolute atomic E-state index is 0.235. The van der Waals surface area contributed by atoms with Crippen LogP contribution in [0.2, 0.25) is 0 Å². The standard InChI is InChI=1S/C10H10BrFO2/c1-2-5-14-10(13)7-3-4-8(11)9(12)6-7/h3-4,6H,2,5H2,1H3. The molecule has 0 atom stereocenters. The van der Waals surface area contributed by atoms with E-state index in [9.17, 15) is 9.18 Å². The second kappa shape index (κ2) is 5.10. The second-order valence-electron chi connectivity index (χ2n) is 2.76. The molecule has 2 nitrogen and oxygen atoms in total. The zero-order valence-electron chi connectivity index (χ0n) is 7.72. The summed E-state index contributed by atoms with van der Waals surface area (Å²) in [5.41, 5.74) is 0.235. The summed E-state index contributed by atoms with van der Waals surface area (Å²) in [6.45, 7) is 2.26. The Labute approximate surface area is 90.2 Å². The molecule has 0 bridgehead atoms. The zero-order valence-corrected chi connectivity index (χ0v) is 9.30. The Hall–Kier alpha value is -0.900. The maximum absolute atomic E-state index is 13.0. The number of esters is 1. The lowest BCUT2D eigenvalue weighted by atomic mass is 10.2. The van der Waals surface area contributed by atoms with E-state index >= 15 is 0 Å². The van der Waals surface area contributed by atoms with Crippen LogP contribution < -0.4 is 0 Å². The first-order valence-corrected chi connectivity index (χ1v) is 5.06. The third kappa shape index (κ3) is 2.80. The van der Waals surface area contributed by atoms with Gasteiger partial charge in [-0.25, -0.2) is 9.18 Å². The Morgan fingerprint density at radius 1 is 1.57 bits per heavy atom. The summed E-state index contributed by atoms with van der Waals surface area (Å²) in [7, 11) is 0. The van der Waals surface area contributed by atoms with Crippen LogP contribution in [0.1, 0.15) is 23.7 Å². The van der Waals surface area contributed by atoms with E-state index < -0.39 is 11.8 Å². The maximum atomic E-state index is 13.0. The third-order valence-corrected chi connectivity index (χ3v) is 2.24. The highest BCUT2D eigenvalue weighted by Gasteiger charge is 2.09. The van der Waals surface area contributed by atoms with E-state index in [0.29, 0.717) is 11.1 Å². The summed E-state index contributed by atoms with van der Waals surface area (Å²) in [5, 5.41) is 0. The first kappa shape index (κ1) is 11.2. The number of halogens is 2. The molecule has 0 aliphatic carbocycles. The molecular weight excluding hydrogens is 251 g/mol. The Kier molecular flexibility index (Phi) is 4.07. The van der Waals surface area contributed by atoms with Crippen molar-refractivity contribution in [3.63, 3.8) is 0 Å². The second-order valence-corrected chi connectivity index (χ2v) is 3.62. The van der Waals surface area contributed by atoms with Gasteiger partial charge in [0.1, 0.15) is 5.82 Å². The molecule has 0 unspecified atom stereocenters. The molecule has 0 aliphatic heterocycles. The topological polar surface area (TPSA) is 26.3 Å². The predicted octanol–water partition coefficient (Wildman–Crippen LogP) is 3.16. The SMILES string of the molecule is CCCOC(=O)c1ccc(Br)c(F)c1. The Balaban J connectivity index is 2.76. The van der Waals surface area contributed by atoms with Crippen LogP contribution in [0.4, 0.5) is 4.39 Å². The summed E-state index contributed by atoms with van der Waals surface area (Å²) < 4.78 is 18.2. The molecular formula is C10H10BrFO2. The van der Waals surface area contributed by atoms with Gasteiger partial charge in [-0.15, -0.1) is 0 Å². The van der Waals surface area contributed by atoms with Crippen molar-refractivity contribution in [1.29, 1.82) is 0 Å². The largest absolute Gasteiger partial charge is 0.462 e. The third-order valence-electron chi connectivity index (χ3n) is 1.59. The average Bonchev–Trinajstić information content (AvgIpc) is 2.18. The smallest absolute Gasteiger partial charge is 0.338 e. The van der Waals surface area contributed by atoms with Crippen LogP contribution in [0.5, 0.6) is 0 Å². The van der Waals surface area contributed by atoms with Crippen LogP contribution in [0.3, 0.4) is 0 Å². The van der Waals surface area contributed by atoms with E-state index in [1.54, 1.807) is 0 Å². The number of carbonyl (C=O) groups is 1. The van der Waals surface area contributed by atoms with Crippen LogP contribution in [0.15, 0.2) is 22.7 Å². The van der Waals surface area contributed by atoms with Crippen molar-refractivity contribution >= 4 is 21.9 Å². The lowest BCUT2D eigenvalue weighted by Gasteiger charge is -2.03. The maximum Gasteiger partial charge on any atom is 0.338 e. The fourth-order valence-electron chi connectivity index (χ4n) is 0.901. The van der Waals surface area contributed by atoms with E-state index in [1.165, 1.54) is 12.1 Å². The minimum atomic E-state index is -0.488. The summed E-state index contributed by atoms with van der Waals surface area (Å²) in [4.78, 5) is 11.3. The molecule has 0 heterocycles. The van der Waals surface area contributed by atoms with Gasteiger partial charge in [0.25, 0.3) is 0 Å². The molecule has 14 heavy (non-hydrogen) atoms. The monoisotopic (exact) mass is 260 g/mol. The summed E-state index contributed by atoms with van der Waals surface area (Å²) >= 11 is 3.00. The molecule has 0 spiro atoms. The van der Waals surface area contributed by atoms with Crippen molar-refractivity contribution < 1.29 is 13.9 Å².